The lowest BCUT2D eigenvalue weighted by Gasteiger charge is -2.09. The topological polar surface area (TPSA) is 49.8 Å². The summed E-state index contributed by atoms with van der Waals surface area (Å²) in [5, 5.41) is 8.51. The third kappa shape index (κ3) is 3.37. The Balaban J connectivity index is 0.00000169. The second kappa shape index (κ2) is 5.64. The molecule has 3 heteroatoms. The van der Waals surface area contributed by atoms with E-state index in [0.29, 0.717) is 6.42 Å². The molecule has 2 nitrogen and oxygen atoms in total. The molecule has 14 heavy (non-hydrogen) atoms. The minimum atomic E-state index is -0.149. The van der Waals surface area contributed by atoms with Crippen molar-refractivity contribution in [3.05, 3.63) is 34.9 Å². The zero-order valence-electron chi connectivity index (χ0n) is 8.45. The molecular weight excluding hydrogens is 196 g/mol. The molecule has 1 aromatic carbocycles. The molecule has 0 aliphatic rings. The number of nitrogens with zero attached hydrogens (tertiary/aromatic N) is 1. The smallest absolute Gasteiger partial charge is 0.0641 e. The van der Waals surface area contributed by atoms with Crippen LogP contribution < -0.4 is 5.73 Å². The van der Waals surface area contributed by atoms with E-state index in [-0.39, 0.29) is 18.4 Å². The summed E-state index contributed by atoms with van der Waals surface area (Å²) in [5.41, 5.74) is 9.27. The fourth-order valence-corrected chi connectivity index (χ4v) is 1.44. The summed E-state index contributed by atoms with van der Waals surface area (Å²) in [4.78, 5) is 0. The molecule has 0 bridgehead atoms. The molecule has 0 spiro atoms. The van der Waals surface area contributed by atoms with E-state index in [1.54, 1.807) is 0 Å². The Morgan fingerprint density at radius 2 is 1.79 bits per heavy atom. The van der Waals surface area contributed by atoms with Gasteiger partial charge in [0.25, 0.3) is 0 Å². The van der Waals surface area contributed by atoms with Gasteiger partial charge in [-0.25, -0.2) is 0 Å². The van der Waals surface area contributed by atoms with Crippen LogP contribution in [0, 0.1) is 25.2 Å². The van der Waals surface area contributed by atoms with E-state index in [1.807, 2.05) is 26.0 Å². The van der Waals surface area contributed by atoms with Gasteiger partial charge in [0.2, 0.25) is 0 Å². The van der Waals surface area contributed by atoms with Gasteiger partial charge in [0.05, 0.1) is 12.5 Å². The molecule has 0 radical (unpaired) electrons. The molecule has 1 rings (SSSR count). The van der Waals surface area contributed by atoms with Crippen molar-refractivity contribution in [3.8, 4) is 6.07 Å². The number of halogens is 1. The lowest BCUT2D eigenvalue weighted by Crippen LogP contribution is -2.09. The van der Waals surface area contributed by atoms with Crippen molar-refractivity contribution in [2.24, 2.45) is 5.73 Å². The van der Waals surface area contributed by atoms with Gasteiger partial charge in [0.15, 0.2) is 0 Å². The van der Waals surface area contributed by atoms with Crippen molar-refractivity contribution >= 4 is 12.4 Å². The second-order valence-electron chi connectivity index (χ2n) is 3.39. The van der Waals surface area contributed by atoms with Crippen LogP contribution in [0.2, 0.25) is 0 Å². The van der Waals surface area contributed by atoms with Crippen molar-refractivity contribution in [3.63, 3.8) is 0 Å². The van der Waals surface area contributed by atoms with E-state index in [1.165, 1.54) is 11.1 Å². The van der Waals surface area contributed by atoms with Gasteiger partial charge in [0.1, 0.15) is 0 Å². The highest BCUT2D eigenvalue weighted by Gasteiger charge is 2.05. The van der Waals surface area contributed by atoms with E-state index in [0.717, 1.165) is 5.56 Å². The minimum Gasteiger partial charge on any atom is -0.323 e. The van der Waals surface area contributed by atoms with Crippen LogP contribution in [-0.2, 0) is 0 Å². The fourth-order valence-electron chi connectivity index (χ4n) is 1.44. The van der Waals surface area contributed by atoms with E-state index >= 15 is 0 Å². The minimum absolute atomic E-state index is 0. The van der Waals surface area contributed by atoms with Gasteiger partial charge in [-0.2, -0.15) is 5.26 Å². The molecule has 0 aliphatic carbocycles. The molecule has 1 aromatic rings. The lowest BCUT2D eigenvalue weighted by atomic mass is 10.0. The zero-order valence-corrected chi connectivity index (χ0v) is 9.27. The van der Waals surface area contributed by atoms with Crippen LogP contribution in [0.25, 0.3) is 0 Å². The maximum Gasteiger partial charge on any atom is 0.0641 e. The summed E-state index contributed by atoms with van der Waals surface area (Å²) in [6, 6.07) is 8.10. The molecule has 0 heterocycles. The third-order valence-electron chi connectivity index (χ3n) is 1.98. The molecule has 2 N–H and O–H groups in total. The predicted octanol–water partition coefficient (Wildman–Crippen LogP) is 2.64. The van der Waals surface area contributed by atoms with Gasteiger partial charge in [0, 0.05) is 6.04 Å². The van der Waals surface area contributed by atoms with Crippen molar-refractivity contribution < 1.29 is 0 Å². The summed E-state index contributed by atoms with van der Waals surface area (Å²) < 4.78 is 0. The van der Waals surface area contributed by atoms with E-state index in [4.69, 9.17) is 11.0 Å². The van der Waals surface area contributed by atoms with Crippen molar-refractivity contribution in [1.29, 1.82) is 5.26 Å². The number of rotatable bonds is 2. The largest absolute Gasteiger partial charge is 0.323 e. The molecule has 0 aliphatic heterocycles. The molecule has 0 saturated carbocycles. The van der Waals surface area contributed by atoms with Crippen LogP contribution in [0.1, 0.15) is 29.2 Å². The first kappa shape index (κ1) is 13.0. The lowest BCUT2D eigenvalue weighted by molar-refractivity contribution is 0.746. The molecular formula is C11H15ClN2. The summed E-state index contributed by atoms with van der Waals surface area (Å²) in [7, 11) is 0. The van der Waals surface area contributed by atoms with Crippen LogP contribution in [0.4, 0.5) is 0 Å². The molecule has 0 amide bonds. The molecule has 1 atom stereocenters. The first-order valence-corrected chi connectivity index (χ1v) is 4.34. The third-order valence-corrected chi connectivity index (χ3v) is 1.98. The van der Waals surface area contributed by atoms with Crippen LogP contribution in [0.5, 0.6) is 0 Å². The maximum atomic E-state index is 8.51. The Kier molecular flexibility index (Phi) is 5.22. The molecule has 76 valence electrons. The second-order valence-corrected chi connectivity index (χ2v) is 3.39. The number of nitriles is 1. The number of benzene rings is 1. The number of hydrogen-bond acceptors (Lipinski definition) is 2. The number of aryl methyl sites for hydroxylation is 2. The monoisotopic (exact) mass is 210 g/mol. The Labute approximate surface area is 91.1 Å². The fraction of sp³-hybridized carbons (Fsp3) is 0.364. The summed E-state index contributed by atoms with van der Waals surface area (Å²) in [5.74, 6) is 0. The van der Waals surface area contributed by atoms with Gasteiger partial charge >= 0.3 is 0 Å². The summed E-state index contributed by atoms with van der Waals surface area (Å²) in [6.45, 7) is 4.07. The Morgan fingerprint density at radius 3 is 2.21 bits per heavy atom. The van der Waals surface area contributed by atoms with Crippen LogP contribution >= 0.6 is 12.4 Å². The van der Waals surface area contributed by atoms with Crippen LogP contribution in [0.15, 0.2) is 18.2 Å². The summed E-state index contributed by atoms with van der Waals surface area (Å²) in [6.07, 6.45) is 0.378. The normalized spacial score (nSPS) is 11.3. The highest BCUT2D eigenvalue weighted by Crippen LogP contribution is 2.16. The predicted molar refractivity (Wildman–Crippen MR) is 60.3 cm³/mol. The molecule has 0 saturated heterocycles. The van der Waals surface area contributed by atoms with Gasteiger partial charge in [-0.3, -0.25) is 0 Å². The SMILES string of the molecule is Cc1cc(C)cc([C@H](N)CC#N)c1.Cl. The van der Waals surface area contributed by atoms with Crippen LogP contribution in [-0.4, -0.2) is 0 Å². The van der Waals surface area contributed by atoms with Gasteiger partial charge in [-0.15, -0.1) is 12.4 Å². The molecule has 0 fully saturated rings. The maximum absolute atomic E-state index is 8.51. The zero-order chi connectivity index (χ0) is 9.84. The Hall–Kier alpha value is -1.04. The van der Waals surface area contributed by atoms with Gasteiger partial charge in [-0.05, 0) is 19.4 Å². The Bertz CT molecular complexity index is 321. The first-order chi connectivity index (χ1) is 6.13. The summed E-state index contributed by atoms with van der Waals surface area (Å²) >= 11 is 0. The van der Waals surface area contributed by atoms with Crippen molar-refractivity contribution in [2.45, 2.75) is 26.3 Å². The average molecular weight is 211 g/mol. The van der Waals surface area contributed by atoms with Crippen molar-refractivity contribution in [2.75, 3.05) is 0 Å². The quantitative estimate of drug-likeness (QED) is 0.816. The van der Waals surface area contributed by atoms with E-state index in [9.17, 15) is 0 Å². The number of hydrogen-bond donors (Lipinski definition) is 1. The number of nitrogens with two attached hydrogens (primary N) is 1. The van der Waals surface area contributed by atoms with Crippen molar-refractivity contribution in [1.82, 2.24) is 0 Å². The average Bonchev–Trinajstić information content (AvgIpc) is 2.03. The highest BCUT2D eigenvalue weighted by atomic mass is 35.5. The van der Waals surface area contributed by atoms with E-state index < -0.39 is 0 Å². The Morgan fingerprint density at radius 1 is 1.29 bits per heavy atom. The molecule has 0 unspecified atom stereocenters. The van der Waals surface area contributed by atoms with E-state index in [2.05, 4.69) is 12.1 Å². The first-order valence-electron chi connectivity index (χ1n) is 4.34. The van der Waals surface area contributed by atoms with Gasteiger partial charge in [-0.1, -0.05) is 29.3 Å². The highest BCUT2D eigenvalue weighted by molar-refractivity contribution is 5.85. The molecule has 0 aromatic heterocycles. The van der Waals surface area contributed by atoms with Gasteiger partial charge < -0.3 is 5.73 Å². The standard InChI is InChI=1S/C11H14N2.ClH/c1-8-5-9(2)7-10(6-8)11(13)3-4-12;/h5-7,11H,3,13H2,1-2H3;1H/t11-;/m1./s1. The van der Waals surface area contributed by atoms with Crippen LogP contribution in [0.3, 0.4) is 0 Å².